The van der Waals surface area contributed by atoms with E-state index < -0.39 is 0 Å². The lowest BCUT2D eigenvalue weighted by atomic mass is 10.1. The summed E-state index contributed by atoms with van der Waals surface area (Å²) < 4.78 is 10.7. The smallest absolute Gasteiger partial charge is 0.410 e. The molecule has 0 spiro atoms. The highest BCUT2D eigenvalue weighted by molar-refractivity contribution is 5.68. The first-order valence-corrected chi connectivity index (χ1v) is 5.53. The van der Waals surface area contributed by atoms with E-state index in [0.29, 0.717) is 19.8 Å². The van der Waals surface area contributed by atoms with Crippen LogP contribution in [0, 0.1) is 0 Å². The van der Waals surface area contributed by atoms with Gasteiger partial charge in [-0.1, -0.05) is 6.92 Å². The molecule has 0 aliphatic carbocycles. The van der Waals surface area contributed by atoms with Crippen molar-refractivity contribution in [3.05, 3.63) is 0 Å². The monoisotopic (exact) mass is 215 g/mol. The maximum absolute atomic E-state index is 11.8. The van der Waals surface area contributed by atoms with Crippen molar-refractivity contribution in [2.75, 3.05) is 19.8 Å². The Labute approximate surface area is 91.5 Å². The van der Waals surface area contributed by atoms with Crippen LogP contribution in [0.25, 0.3) is 0 Å². The van der Waals surface area contributed by atoms with Crippen LogP contribution >= 0.6 is 0 Å². The van der Waals surface area contributed by atoms with E-state index in [1.54, 1.807) is 4.90 Å². The van der Waals surface area contributed by atoms with Gasteiger partial charge in [-0.25, -0.2) is 4.79 Å². The van der Waals surface area contributed by atoms with Gasteiger partial charge in [-0.2, -0.15) is 0 Å². The summed E-state index contributed by atoms with van der Waals surface area (Å²) in [4.78, 5) is 13.6. The minimum absolute atomic E-state index is 0.110. The third-order valence-electron chi connectivity index (χ3n) is 2.82. The van der Waals surface area contributed by atoms with Gasteiger partial charge in [-0.05, 0) is 27.2 Å². The van der Waals surface area contributed by atoms with Gasteiger partial charge >= 0.3 is 6.09 Å². The quantitative estimate of drug-likeness (QED) is 0.707. The second-order valence-electron chi connectivity index (χ2n) is 4.60. The first-order chi connectivity index (χ1) is 6.96. The van der Waals surface area contributed by atoms with E-state index in [2.05, 4.69) is 0 Å². The minimum atomic E-state index is -0.380. The lowest BCUT2D eigenvalue weighted by Crippen LogP contribution is -2.49. The second-order valence-corrected chi connectivity index (χ2v) is 4.60. The number of ether oxygens (including phenoxy) is 2. The first kappa shape index (κ1) is 12.3. The zero-order chi connectivity index (χ0) is 11.5. The summed E-state index contributed by atoms with van der Waals surface area (Å²) >= 11 is 0. The molecule has 1 fully saturated rings. The topological polar surface area (TPSA) is 38.8 Å². The Hall–Kier alpha value is -0.770. The van der Waals surface area contributed by atoms with Crippen LogP contribution in [0.5, 0.6) is 0 Å². The maximum atomic E-state index is 11.8. The number of nitrogens with zero attached hydrogens (tertiary/aromatic N) is 1. The van der Waals surface area contributed by atoms with Crippen LogP contribution in [0.1, 0.15) is 34.1 Å². The Morgan fingerprint density at radius 1 is 1.60 bits per heavy atom. The Bertz CT molecular complexity index is 228. The summed E-state index contributed by atoms with van der Waals surface area (Å²) in [5, 5.41) is 0. The Balaban J connectivity index is 2.52. The van der Waals surface area contributed by atoms with Crippen LogP contribution < -0.4 is 0 Å². The Morgan fingerprint density at radius 2 is 2.27 bits per heavy atom. The van der Waals surface area contributed by atoms with E-state index in [1.165, 1.54) is 0 Å². The molecule has 1 heterocycles. The first-order valence-electron chi connectivity index (χ1n) is 5.53. The highest BCUT2D eigenvalue weighted by atomic mass is 16.6. The summed E-state index contributed by atoms with van der Waals surface area (Å²) in [6, 6.07) is 0.110. The summed E-state index contributed by atoms with van der Waals surface area (Å²) in [5.41, 5.74) is -0.380. The van der Waals surface area contributed by atoms with Crippen LogP contribution in [0.2, 0.25) is 0 Å². The molecule has 0 aromatic heterocycles. The van der Waals surface area contributed by atoms with Gasteiger partial charge in [0.25, 0.3) is 0 Å². The van der Waals surface area contributed by atoms with Crippen molar-refractivity contribution in [1.29, 1.82) is 0 Å². The van der Waals surface area contributed by atoms with Gasteiger partial charge in [0.15, 0.2) is 0 Å². The predicted octanol–water partition coefficient (Wildman–Crippen LogP) is 2.03. The molecule has 1 amide bonds. The molecule has 1 rings (SSSR count). The molecule has 0 aromatic rings. The average Bonchev–Trinajstić information content (AvgIpc) is 2.17. The Kier molecular flexibility index (Phi) is 3.97. The molecule has 0 N–H and O–H groups in total. The summed E-state index contributed by atoms with van der Waals surface area (Å²) in [6.07, 6.45) is 0.593. The molecule has 0 aromatic carbocycles. The Morgan fingerprint density at radius 3 is 2.80 bits per heavy atom. The zero-order valence-corrected chi connectivity index (χ0v) is 10.1. The fourth-order valence-electron chi connectivity index (χ4n) is 1.37. The summed E-state index contributed by atoms with van der Waals surface area (Å²) in [7, 11) is 0. The summed E-state index contributed by atoms with van der Waals surface area (Å²) in [6.45, 7) is 9.66. The van der Waals surface area contributed by atoms with Gasteiger partial charge in [0.05, 0.1) is 19.3 Å². The number of hydrogen-bond donors (Lipinski definition) is 0. The molecule has 1 aliphatic heterocycles. The molecule has 4 nitrogen and oxygen atoms in total. The summed E-state index contributed by atoms with van der Waals surface area (Å²) in [5.74, 6) is 0. The molecule has 0 bridgehead atoms. The minimum Gasteiger partial charge on any atom is -0.443 e. The molecule has 1 atom stereocenters. The van der Waals surface area contributed by atoms with E-state index in [0.717, 1.165) is 6.42 Å². The SMILES string of the molecule is CCC(C)(C)OC(=O)N1CCOCC1C. The van der Waals surface area contributed by atoms with Crippen LogP contribution in [0.3, 0.4) is 0 Å². The van der Waals surface area contributed by atoms with Crippen LogP contribution in [-0.4, -0.2) is 42.4 Å². The molecular weight excluding hydrogens is 194 g/mol. The van der Waals surface area contributed by atoms with E-state index in [-0.39, 0.29) is 17.7 Å². The molecule has 88 valence electrons. The average molecular weight is 215 g/mol. The number of carbonyl (C=O) groups is 1. The van der Waals surface area contributed by atoms with Crippen LogP contribution in [0.4, 0.5) is 4.79 Å². The van der Waals surface area contributed by atoms with Gasteiger partial charge < -0.3 is 14.4 Å². The van der Waals surface area contributed by atoms with Crippen molar-refractivity contribution in [2.45, 2.75) is 45.8 Å². The standard InChI is InChI=1S/C11H21NO3/c1-5-11(3,4)15-10(13)12-6-7-14-8-9(12)2/h9H,5-8H2,1-4H3. The fraction of sp³-hybridized carbons (Fsp3) is 0.909. The predicted molar refractivity (Wildman–Crippen MR) is 57.8 cm³/mol. The normalized spacial score (nSPS) is 22.7. The zero-order valence-electron chi connectivity index (χ0n) is 10.1. The van der Waals surface area contributed by atoms with E-state index in [9.17, 15) is 4.79 Å². The van der Waals surface area contributed by atoms with Crippen molar-refractivity contribution in [1.82, 2.24) is 4.90 Å². The second kappa shape index (κ2) is 4.84. The third-order valence-corrected chi connectivity index (χ3v) is 2.82. The molecule has 15 heavy (non-hydrogen) atoms. The van der Waals surface area contributed by atoms with Crippen molar-refractivity contribution < 1.29 is 14.3 Å². The highest BCUT2D eigenvalue weighted by Gasteiger charge is 2.29. The molecule has 4 heteroatoms. The van der Waals surface area contributed by atoms with Gasteiger partial charge in [0, 0.05) is 6.54 Å². The fourth-order valence-corrected chi connectivity index (χ4v) is 1.37. The van der Waals surface area contributed by atoms with Gasteiger partial charge in [0.2, 0.25) is 0 Å². The van der Waals surface area contributed by atoms with Crippen molar-refractivity contribution >= 4 is 6.09 Å². The lowest BCUT2D eigenvalue weighted by Gasteiger charge is -2.35. The van der Waals surface area contributed by atoms with E-state index in [1.807, 2.05) is 27.7 Å². The van der Waals surface area contributed by atoms with Gasteiger partial charge in [-0.15, -0.1) is 0 Å². The molecule has 1 unspecified atom stereocenters. The number of hydrogen-bond acceptors (Lipinski definition) is 3. The largest absolute Gasteiger partial charge is 0.443 e. The number of amides is 1. The lowest BCUT2D eigenvalue weighted by molar-refractivity contribution is -0.0337. The third kappa shape index (κ3) is 3.38. The van der Waals surface area contributed by atoms with Crippen molar-refractivity contribution in [3.63, 3.8) is 0 Å². The molecular formula is C11H21NO3. The van der Waals surface area contributed by atoms with Gasteiger partial charge in [0.1, 0.15) is 5.60 Å². The highest BCUT2D eigenvalue weighted by Crippen LogP contribution is 2.17. The maximum Gasteiger partial charge on any atom is 0.410 e. The van der Waals surface area contributed by atoms with Crippen molar-refractivity contribution in [2.24, 2.45) is 0 Å². The van der Waals surface area contributed by atoms with Crippen molar-refractivity contribution in [3.8, 4) is 0 Å². The number of morpholine rings is 1. The molecule has 0 saturated carbocycles. The van der Waals surface area contributed by atoms with Crippen LogP contribution in [-0.2, 0) is 9.47 Å². The number of rotatable bonds is 2. The number of carbonyl (C=O) groups excluding carboxylic acids is 1. The van der Waals surface area contributed by atoms with E-state index in [4.69, 9.17) is 9.47 Å². The van der Waals surface area contributed by atoms with Crippen LogP contribution in [0.15, 0.2) is 0 Å². The molecule has 1 saturated heterocycles. The molecule has 0 radical (unpaired) electrons. The molecule has 1 aliphatic rings. The van der Waals surface area contributed by atoms with E-state index >= 15 is 0 Å². The van der Waals surface area contributed by atoms with Gasteiger partial charge in [-0.3, -0.25) is 0 Å².